The molecule has 0 radical (unpaired) electrons. The zero-order valence-electron chi connectivity index (χ0n) is 9.44. The Morgan fingerprint density at radius 1 is 1.50 bits per heavy atom. The maximum atomic E-state index is 11.0. The summed E-state index contributed by atoms with van der Waals surface area (Å²) < 4.78 is 12.5. The lowest BCUT2D eigenvalue weighted by atomic mass is 10.3. The zero-order valence-corrected chi connectivity index (χ0v) is 10.3. The molecule has 3 N–H and O–H groups in total. The van der Waals surface area contributed by atoms with E-state index in [0.717, 1.165) is 0 Å². The second kappa shape index (κ2) is 4.20. The third kappa shape index (κ3) is 2.28. The minimum Gasteiger partial charge on any atom is -0.476 e. The number of rotatable bonds is 3. The number of hydrogen-bond acceptors (Lipinski definition) is 3. The smallest absolute Gasteiger partial charge is 0.356 e. The van der Waals surface area contributed by atoms with Crippen molar-refractivity contribution < 1.29 is 24.3 Å². The topological polar surface area (TPSA) is 112 Å². The van der Waals surface area contributed by atoms with E-state index < -0.39 is 19.7 Å². The fourth-order valence-corrected chi connectivity index (χ4v) is 2.48. The Morgan fingerprint density at radius 2 is 2.17 bits per heavy atom. The molecule has 0 aliphatic rings. The fourth-order valence-electron chi connectivity index (χ4n) is 1.79. The van der Waals surface area contributed by atoms with Crippen LogP contribution < -0.4 is 0 Å². The Balaban J connectivity index is 2.67. The first kappa shape index (κ1) is 12.8. The third-order valence-corrected chi connectivity index (χ3v) is 3.30. The Kier molecular flexibility index (Phi) is 2.98. The van der Waals surface area contributed by atoms with Gasteiger partial charge in [0.1, 0.15) is 5.65 Å². The van der Waals surface area contributed by atoms with Crippen LogP contribution >= 0.6 is 7.60 Å². The lowest BCUT2D eigenvalue weighted by Gasteiger charge is -2.05. The van der Waals surface area contributed by atoms with Crippen LogP contribution in [0.4, 0.5) is 0 Å². The minimum atomic E-state index is -4.22. The molecule has 2 aromatic rings. The molecule has 0 bridgehead atoms. The van der Waals surface area contributed by atoms with Gasteiger partial charge in [0.2, 0.25) is 0 Å². The molecule has 0 unspecified atom stereocenters. The molecule has 0 aliphatic heterocycles. The number of nitrogens with zero attached hydrogens (tertiary/aromatic N) is 2. The van der Waals surface area contributed by atoms with Crippen molar-refractivity contribution in [3.05, 3.63) is 35.3 Å². The first-order chi connectivity index (χ1) is 8.29. The SMILES string of the molecule is Cc1c(C(=O)O)nc2c(CP(=O)(O)O)cccn12. The van der Waals surface area contributed by atoms with E-state index in [1.165, 1.54) is 10.5 Å². The highest BCUT2D eigenvalue weighted by Gasteiger charge is 2.20. The maximum Gasteiger partial charge on any atom is 0.356 e. The summed E-state index contributed by atoms with van der Waals surface area (Å²) in [5, 5.41) is 8.96. The highest BCUT2D eigenvalue weighted by molar-refractivity contribution is 7.50. The largest absolute Gasteiger partial charge is 0.476 e. The van der Waals surface area contributed by atoms with Crippen LogP contribution in [0.1, 0.15) is 21.7 Å². The molecular formula is C10H11N2O5P. The van der Waals surface area contributed by atoms with Gasteiger partial charge in [-0.05, 0) is 13.0 Å². The molecule has 7 nitrogen and oxygen atoms in total. The first-order valence-corrected chi connectivity index (χ1v) is 6.84. The van der Waals surface area contributed by atoms with Crippen molar-refractivity contribution in [2.45, 2.75) is 13.1 Å². The Labute approximate surface area is 102 Å². The minimum absolute atomic E-state index is 0.117. The molecule has 96 valence electrons. The van der Waals surface area contributed by atoms with Gasteiger partial charge >= 0.3 is 13.6 Å². The Hall–Kier alpha value is -1.69. The third-order valence-electron chi connectivity index (χ3n) is 2.55. The maximum absolute atomic E-state index is 11.0. The van der Waals surface area contributed by atoms with E-state index in [1.807, 2.05) is 0 Å². The van der Waals surface area contributed by atoms with E-state index in [1.54, 1.807) is 19.2 Å². The molecule has 18 heavy (non-hydrogen) atoms. The summed E-state index contributed by atoms with van der Waals surface area (Å²) in [6.07, 6.45) is 1.14. The summed E-state index contributed by atoms with van der Waals surface area (Å²) in [6.45, 7) is 1.59. The number of carboxylic acids is 1. The van der Waals surface area contributed by atoms with Crippen molar-refractivity contribution in [3.63, 3.8) is 0 Å². The number of fused-ring (bicyclic) bond motifs is 1. The van der Waals surface area contributed by atoms with Crippen molar-refractivity contribution in [2.24, 2.45) is 0 Å². The van der Waals surface area contributed by atoms with Crippen LogP contribution in [0.25, 0.3) is 5.65 Å². The molecule has 2 rings (SSSR count). The second-order valence-corrected chi connectivity index (χ2v) is 5.55. The number of hydrogen-bond donors (Lipinski definition) is 3. The number of carboxylic acid groups (broad SMARTS) is 1. The molecule has 0 saturated heterocycles. The molecule has 0 aromatic carbocycles. The number of aromatic nitrogens is 2. The van der Waals surface area contributed by atoms with Crippen LogP contribution in [-0.4, -0.2) is 30.2 Å². The van der Waals surface area contributed by atoms with Gasteiger partial charge in [0.15, 0.2) is 5.69 Å². The van der Waals surface area contributed by atoms with Crippen molar-refractivity contribution in [2.75, 3.05) is 0 Å². The molecule has 0 spiro atoms. The normalized spacial score (nSPS) is 11.9. The summed E-state index contributed by atoms with van der Waals surface area (Å²) in [6, 6.07) is 3.12. The average molecular weight is 270 g/mol. The predicted molar refractivity (Wildman–Crippen MR) is 62.6 cm³/mol. The van der Waals surface area contributed by atoms with E-state index in [2.05, 4.69) is 4.98 Å². The standard InChI is InChI=1S/C10H11N2O5P/c1-6-8(10(13)14)11-9-7(5-18(15,16)17)3-2-4-12(6)9/h2-4H,5H2,1H3,(H,13,14)(H2,15,16,17). The van der Waals surface area contributed by atoms with E-state index in [0.29, 0.717) is 11.3 Å². The number of carbonyl (C=O) groups is 1. The zero-order chi connectivity index (χ0) is 13.5. The van der Waals surface area contributed by atoms with Gasteiger partial charge in [-0.25, -0.2) is 9.78 Å². The van der Waals surface area contributed by atoms with Crippen LogP contribution in [0.3, 0.4) is 0 Å². The van der Waals surface area contributed by atoms with Crippen LogP contribution in [0.15, 0.2) is 18.3 Å². The molecule has 0 amide bonds. The van der Waals surface area contributed by atoms with E-state index >= 15 is 0 Å². The molecule has 0 aliphatic carbocycles. The molecule has 2 aromatic heterocycles. The van der Waals surface area contributed by atoms with Crippen LogP contribution in [0.2, 0.25) is 0 Å². The summed E-state index contributed by atoms with van der Waals surface area (Å²) in [4.78, 5) is 32.8. The van der Waals surface area contributed by atoms with E-state index in [-0.39, 0.29) is 11.3 Å². The van der Waals surface area contributed by atoms with Crippen LogP contribution in [0, 0.1) is 6.92 Å². The Bertz CT molecular complexity index is 672. The van der Waals surface area contributed by atoms with Gasteiger partial charge in [-0.2, -0.15) is 0 Å². The van der Waals surface area contributed by atoms with Gasteiger partial charge in [-0.15, -0.1) is 0 Å². The van der Waals surface area contributed by atoms with Crippen LogP contribution in [-0.2, 0) is 10.7 Å². The van der Waals surface area contributed by atoms with E-state index in [4.69, 9.17) is 14.9 Å². The molecule has 8 heteroatoms. The van der Waals surface area contributed by atoms with E-state index in [9.17, 15) is 9.36 Å². The first-order valence-electron chi connectivity index (χ1n) is 5.04. The van der Waals surface area contributed by atoms with Crippen molar-refractivity contribution >= 4 is 19.2 Å². The molecular weight excluding hydrogens is 259 g/mol. The highest BCUT2D eigenvalue weighted by atomic mass is 31.2. The number of pyridine rings is 1. The summed E-state index contributed by atoms with van der Waals surface area (Å²) in [5.41, 5.74) is 0.885. The number of aryl methyl sites for hydroxylation is 1. The van der Waals surface area contributed by atoms with Gasteiger partial charge < -0.3 is 19.3 Å². The molecule has 0 fully saturated rings. The van der Waals surface area contributed by atoms with Gasteiger partial charge in [0.25, 0.3) is 0 Å². The second-order valence-electron chi connectivity index (χ2n) is 3.90. The summed E-state index contributed by atoms with van der Waals surface area (Å²) in [5.74, 6) is -1.17. The lowest BCUT2D eigenvalue weighted by Crippen LogP contribution is -1.99. The predicted octanol–water partition coefficient (Wildman–Crippen LogP) is 1.02. The molecule has 0 saturated carbocycles. The van der Waals surface area contributed by atoms with Gasteiger partial charge in [-0.1, -0.05) is 6.07 Å². The monoisotopic (exact) mass is 270 g/mol. The quantitative estimate of drug-likeness (QED) is 0.718. The van der Waals surface area contributed by atoms with Crippen molar-refractivity contribution in [1.82, 2.24) is 9.38 Å². The van der Waals surface area contributed by atoms with Gasteiger partial charge in [0.05, 0.1) is 11.9 Å². The van der Waals surface area contributed by atoms with Gasteiger partial charge in [-0.3, -0.25) is 4.57 Å². The number of aromatic carboxylic acids is 1. The average Bonchev–Trinajstić information content (AvgIpc) is 2.56. The summed E-state index contributed by atoms with van der Waals surface area (Å²) >= 11 is 0. The Morgan fingerprint density at radius 3 is 2.72 bits per heavy atom. The highest BCUT2D eigenvalue weighted by Crippen LogP contribution is 2.40. The fraction of sp³-hybridized carbons (Fsp3) is 0.200. The molecule has 0 atom stereocenters. The van der Waals surface area contributed by atoms with Gasteiger partial charge in [0, 0.05) is 11.8 Å². The summed E-state index contributed by atoms with van der Waals surface area (Å²) in [7, 11) is -4.22. The van der Waals surface area contributed by atoms with Crippen molar-refractivity contribution in [3.8, 4) is 0 Å². The number of imidazole rings is 1. The van der Waals surface area contributed by atoms with Crippen LogP contribution in [0.5, 0.6) is 0 Å². The molecule has 2 heterocycles. The lowest BCUT2D eigenvalue weighted by molar-refractivity contribution is 0.0690. The van der Waals surface area contributed by atoms with Crippen molar-refractivity contribution in [1.29, 1.82) is 0 Å².